The average molecular weight is 178 g/mol. The summed E-state index contributed by atoms with van der Waals surface area (Å²) < 4.78 is 24.3. The van der Waals surface area contributed by atoms with Crippen LogP contribution in [-0.2, 0) is 18.4 Å². The fourth-order valence-electron chi connectivity index (χ4n) is 0. The first-order chi connectivity index (χ1) is 2.00. The van der Waals surface area contributed by atoms with Gasteiger partial charge < -0.3 is 0 Å². The van der Waals surface area contributed by atoms with E-state index in [-0.39, 0.29) is 0 Å². The normalized spacial score (nSPS) is 11.6. The van der Waals surface area contributed by atoms with Crippen molar-refractivity contribution < 1.29 is 25.9 Å². The van der Waals surface area contributed by atoms with E-state index in [0.717, 1.165) is 0 Å². The second-order valence-electron chi connectivity index (χ2n) is 0.448. The third kappa shape index (κ3) is 81.0. The molecule has 0 amide bonds. The van der Waals surface area contributed by atoms with E-state index in [0.29, 0.717) is 0 Å². The van der Waals surface area contributed by atoms with Gasteiger partial charge in [-0.3, -0.25) is 0 Å². The second-order valence-corrected chi connectivity index (χ2v) is 5.22. The summed E-state index contributed by atoms with van der Waals surface area (Å²) >= 11 is -4.69. The van der Waals surface area contributed by atoms with Gasteiger partial charge in [-0.25, -0.2) is 0 Å². The molecular formula is H2MoO3S. The Bertz CT molecular complexity index is 90.1. The first-order valence-electron chi connectivity index (χ1n) is 0.698. The van der Waals surface area contributed by atoms with Gasteiger partial charge in [-0.2, -0.15) is 0 Å². The SMILES string of the molecule is [O]=[Mo]([OH])([OH])=[S]. The van der Waals surface area contributed by atoms with Crippen LogP contribution < -0.4 is 0 Å². The summed E-state index contributed by atoms with van der Waals surface area (Å²) in [5.74, 6) is 0. The Morgan fingerprint density at radius 1 is 1.60 bits per heavy atom. The van der Waals surface area contributed by atoms with Crippen LogP contribution in [0.1, 0.15) is 0 Å². The monoisotopic (exact) mass is 180 g/mol. The standard InChI is InChI=1S/Mo.2H2O.O.S/h;2*1H2;;/q+2;;;;/p-2. The van der Waals surface area contributed by atoms with E-state index in [1.807, 2.05) is 0 Å². The Labute approximate surface area is 36.1 Å². The Balaban J connectivity index is 4.06. The molecular weight excluding hydrogens is 176 g/mol. The summed E-state index contributed by atoms with van der Waals surface area (Å²) in [7, 11) is 3.57. The molecule has 0 aromatic rings. The minimum absolute atomic E-state index is 3.57. The molecule has 5 heteroatoms. The molecule has 5 heavy (non-hydrogen) atoms. The molecule has 0 bridgehead atoms. The summed E-state index contributed by atoms with van der Waals surface area (Å²) in [6.45, 7) is 0. The van der Waals surface area contributed by atoms with Crippen molar-refractivity contribution in [3.63, 3.8) is 0 Å². The van der Waals surface area contributed by atoms with Gasteiger partial charge >= 0.3 is 35.7 Å². The summed E-state index contributed by atoms with van der Waals surface area (Å²) in [5, 5.41) is 0. The maximum atomic E-state index is 9.22. The molecule has 3 nitrogen and oxygen atoms in total. The van der Waals surface area contributed by atoms with Crippen LogP contribution in [0.5, 0.6) is 0 Å². The molecule has 0 saturated heterocycles. The zero-order chi connectivity index (χ0) is 4.50. The fraction of sp³-hybridized carbons (Fsp3) is 0. The average Bonchev–Trinajstić information content (AvgIpc) is 0.722. The van der Waals surface area contributed by atoms with Gasteiger partial charge in [-0.1, -0.05) is 0 Å². The van der Waals surface area contributed by atoms with Crippen molar-refractivity contribution in [3.05, 3.63) is 0 Å². The fourth-order valence-corrected chi connectivity index (χ4v) is 0. The van der Waals surface area contributed by atoms with Crippen molar-refractivity contribution in [1.29, 1.82) is 0 Å². The van der Waals surface area contributed by atoms with Crippen molar-refractivity contribution in [2.45, 2.75) is 0 Å². The molecule has 0 aliphatic carbocycles. The molecule has 0 unspecified atom stereocenters. The Kier molecular flexibility index (Phi) is 1.56. The van der Waals surface area contributed by atoms with Crippen molar-refractivity contribution in [3.8, 4) is 0 Å². The van der Waals surface area contributed by atoms with E-state index in [9.17, 15) is 3.40 Å². The molecule has 0 aliphatic heterocycles. The molecule has 0 aliphatic rings. The molecule has 0 spiro atoms. The Morgan fingerprint density at radius 2 is 1.60 bits per heavy atom. The molecule has 0 radical (unpaired) electrons. The maximum absolute atomic E-state index is 9.22. The van der Waals surface area contributed by atoms with E-state index in [1.165, 1.54) is 0 Å². The molecule has 0 aromatic heterocycles. The zero-order valence-electron chi connectivity index (χ0n) is 2.12. The minimum atomic E-state index is -4.69. The predicted octanol–water partition coefficient (Wildman–Crippen LogP) is -0.587. The van der Waals surface area contributed by atoms with Crippen LogP contribution in [0.15, 0.2) is 0 Å². The topological polar surface area (TPSA) is 57.5 Å². The van der Waals surface area contributed by atoms with Crippen molar-refractivity contribution >= 4 is 9.82 Å². The van der Waals surface area contributed by atoms with Gasteiger partial charge in [-0.15, -0.1) is 0 Å². The van der Waals surface area contributed by atoms with Crippen LogP contribution in [0.25, 0.3) is 0 Å². The third-order valence-electron chi connectivity index (χ3n) is 0. The van der Waals surface area contributed by atoms with Crippen LogP contribution in [0.4, 0.5) is 0 Å². The van der Waals surface area contributed by atoms with Crippen LogP contribution in [0.2, 0.25) is 0 Å². The van der Waals surface area contributed by atoms with Gasteiger partial charge in [0.1, 0.15) is 0 Å². The summed E-state index contributed by atoms with van der Waals surface area (Å²) in [4.78, 5) is 0. The van der Waals surface area contributed by atoms with Gasteiger partial charge in [0.25, 0.3) is 0 Å². The summed E-state index contributed by atoms with van der Waals surface area (Å²) in [6.07, 6.45) is 0. The van der Waals surface area contributed by atoms with Crippen LogP contribution in [0, 0.1) is 0 Å². The van der Waals surface area contributed by atoms with E-state index < -0.39 is 15.0 Å². The number of hydrogen-bond acceptors (Lipinski definition) is 2. The first-order valence-corrected chi connectivity index (χ1v) is 6.10. The zero-order valence-corrected chi connectivity index (χ0v) is 4.94. The Hall–Kier alpha value is 0.628. The van der Waals surface area contributed by atoms with Crippen LogP contribution in [-0.4, -0.2) is 7.52 Å². The molecule has 0 fully saturated rings. The molecule has 32 valence electrons. The molecule has 0 heterocycles. The third-order valence-corrected chi connectivity index (χ3v) is 0. The quantitative estimate of drug-likeness (QED) is 0.487. The first kappa shape index (κ1) is 5.63. The van der Waals surface area contributed by atoms with E-state index in [1.54, 1.807) is 0 Å². The van der Waals surface area contributed by atoms with Gasteiger partial charge in [0.2, 0.25) is 0 Å². The summed E-state index contributed by atoms with van der Waals surface area (Å²) in [5.41, 5.74) is 0. The van der Waals surface area contributed by atoms with Gasteiger partial charge in [0.05, 0.1) is 0 Å². The molecule has 2 N–H and O–H groups in total. The number of hydrogen-bond donors (Lipinski definition) is 2. The van der Waals surface area contributed by atoms with Crippen LogP contribution >= 0.6 is 9.82 Å². The van der Waals surface area contributed by atoms with Crippen LogP contribution in [0.3, 0.4) is 0 Å². The molecule has 0 saturated carbocycles. The van der Waals surface area contributed by atoms with E-state index in [2.05, 4.69) is 9.82 Å². The Morgan fingerprint density at radius 3 is 1.60 bits per heavy atom. The van der Waals surface area contributed by atoms with Gasteiger partial charge in [-0.05, 0) is 0 Å². The van der Waals surface area contributed by atoms with E-state index in [4.69, 9.17) is 7.52 Å². The van der Waals surface area contributed by atoms with Gasteiger partial charge in [0, 0.05) is 0 Å². The van der Waals surface area contributed by atoms with Gasteiger partial charge in [0.15, 0.2) is 0 Å². The van der Waals surface area contributed by atoms with Crippen molar-refractivity contribution in [1.82, 2.24) is 0 Å². The molecule has 0 aromatic carbocycles. The summed E-state index contributed by atoms with van der Waals surface area (Å²) in [6, 6.07) is 0. The molecule has 0 atom stereocenters. The van der Waals surface area contributed by atoms with Crippen molar-refractivity contribution in [2.24, 2.45) is 0 Å². The molecule has 0 rings (SSSR count). The predicted molar refractivity (Wildman–Crippen MR) is 12.7 cm³/mol. The van der Waals surface area contributed by atoms with E-state index >= 15 is 0 Å². The van der Waals surface area contributed by atoms with Crippen molar-refractivity contribution in [2.75, 3.05) is 0 Å². The number of rotatable bonds is 0. The second kappa shape index (κ2) is 1.39.